The normalized spacial score (nSPS) is 12.1. The minimum atomic E-state index is -1.34. The Morgan fingerprint density at radius 1 is 1.38 bits per heavy atom. The monoisotopic (exact) mass is 380 g/mol. The van der Waals surface area contributed by atoms with Gasteiger partial charge in [0.05, 0.1) is 17.0 Å². The number of benzene rings is 1. The summed E-state index contributed by atoms with van der Waals surface area (Å²) in [6, 6.07) is 1.70. The van der Waals surface area contributed by atoms with Crippen LogP contribution in [0.1, 0.15) is 37.3 Å². The zero-order valence-electron chi connectivity index (χ0n) is 14.4. The van der Waals surface area contributed by atoms with E-state index in [0.29, 0.717) is 22.9 Å². The summed E-state index contributed by atoms with van der Waals surface area (Å²) in [7, 11) is 0. The van der Waals surface area contributed by atoms with Crippen LogP contribution in [-0.4, -0.2) is 23.0 Å². The van der Waals surface area contributed by atoms with Crippen molar-refractivity contribution in [1.82, 2.24) is 5.32 Å². The third kappa shape index (κ3) is 4.35. The standard InChI is InChI=1S/C18H20ClNO6/c1-3-4-13(17(23)24)20-16(22)6-5-10-9(2)11-7-12(19)14(21)8-15(11)26-18(10)25/h7-8,13,21H,3-6H2,1-2H3,(H,20,22)(H,23,24)/p-1/t13-/m1/s1. The van der Waals surface area contributed by atoms with Crippen molar-refractivity contribution in [3.05, 3.63) is 38.7 Å². The minimum Gasteiger partial charge on any atom is -0.548 e. The Bertz CT molecular complexity index is 905. The number of nitrogens with one attached hydrogen (secondary N) is 1. The van der Waals surface area contributed by atoms with E-state index in [1.54, 1.807) is 13.8 Å². The van der Waals surface area contributed by atoms with E-state index in [9.17, 15) is 24.6 Å². The third-order valence-corrected chi connectivity index (χ3v) is 4.46. The number of carbonyl (C=O) groups excluding carboxylic acids is 2. The molecule has 0 saturated heterocycles. The lowest BCUT2D eigenvalue weighted by Gasteiger charge is -2.19. The molecule has 0 aliphatic carbocycles. The van der Waals surface area contributed by atoms with Crippen LogP contribution in [0.2, 0.25) is 5.02 Å². The molecule has 1 heterocycles. The minimum absolute atomic E-state index is 0.0730. The van der Waals surface area contributed by atoms with Gasteiger partial charge in [-0.05, 0) is 31.4 Å². The highest BCUT2D eigenvalue weighted by atomic mass is 35.5. The molecule has 0 fully saturated rings. The number of rotatable bonds is 7. The number of carboxylic acids is 1. The Kier molecular flexibility index (Phi) is 6.26. The molecule has 0 unspecified atom stereocenters. The van der Waals surface area contributed by atoms with Gasteiger partial charge in [-0.2, -0.15) is 0 Å². The summed E-state index contributed by atoms with van der Waals surface area (Å²) in [6.45, 7) is 3.50. The van der Waals surface area contributed by atoms with Crippen molar-refractivity contribution in [3.63, 3.8) is 0 Å². The smallest absolute Gasteiger partial charge is 0.339 e. The van der Waals surface area contributed by atoms with Crippen LogP contribution in [0.4, 0.5) is 0 Å². The summed E-state index contributed by atoms with van der Waals surface area (Å²) in [5.41, 5.74) is 0.475. The lowest BCUT2D eigenvalue weighted by molar-refractivity contribution is -0.308. The molecule has 2 N–H and O–H groups in total. The van der Waals surface area contributed by atoms with Gasteiger partial charge in [0.15, 0.2) is 0 Å². The molecule has 0 bridgehead atoms. The predicted octanol–water partition coefficient (Wildman–Crippen LogP) is 1.43. The molecule has 1 aromatic carbocycles. The highest BCUT2D eigenvalue weighted by Gasteiger charge is 2.17. The van der Waals surface area contributed by atoms with E-state index in [0.717, 1.165) is 0 Å². The van der Waals surface area contributed by atoms with Gasteiger partial charge >= 0.3 is 5.63 Å². The molecule has 2 rings (SSSR count). The van der Waals surface area contributed by atoms with Crippen LogP contribution in [0.15, 0.2) is 21.3 Å². The highest BCUT2D eigenvalue weighted by Crippen LogP contribution is 2.30. The van der Waals surface area contributed by atoms with E-state index in [-0.39, 0.29) is 35.6 Å². The molecule has 2 aromatic rings. The molecule has 0 aliphatic rings. The average molecular weight is 381 g/mol. The fourth-order valence-electron chi connectivity index (χ4n) is 2.73. The number of amides is 1. The van der Waals surface area contributed by atoms with Crippen molar-refractivity contribution in [2.24, 2.45) is 0 Å². The van der Waals surface area contributed by atoms with Crippen LogP contribution in [-0.2, 0) is 16.0 Å². The second-order valence-electron chi connectivity index (χ2n) is 6.02. The van der Waals surface area contributed by atoms with Gasteiger partial charge in [0.1, 0.15) is 11.3 Å². The average Bonchev–Trinajstić information content (AvgIpc) is 2.56. The Hall–Kier alpha value is -2.54. The van der Waals surface area contributed by atoms with Gasteiger partial charge < -0.3 is 24.7 Å². The molecule has 140 valence electrons. The molecule has 0 aliphatic heterocycles. The number of aromatic hydroxyl groups is 1. The molecule has 0 radical (unpaired) electrons. The molecule has 1 aromatic heterocycles. The van der Waals surface area contributed by atoms with Crippen molar-refractivity contribution in [2.75, 3.05) is 0 Å². The fourth-order valence-corrected chi connectivity index (χ4v) is 2.89. The van der Waals surface area contributed by atoms with Gasteiger partial charge in [0.25, 0.3) is 0 Å². The number of aryl methyl sites for hydroxylation is 1. The molecule has 1 atom stereocenters. The van der Waals surface area contributed by atoms with Gasteiger partial charge in [0, 0.05) is 23.4 Å². The van der Waals surface area contributed by atoms with E-state index < -0.39 is 23.5 Å². The summed E-state index contributed by atoms with van der Waals surface area (Å²) in [6.07, 6.45) is 0.865. The number of aliphatic carboxylic acids is 1. The SMILES string of the molecule is CCC[C@@H](NC(=O)CCc1c(C)c2cc(Cl)c(O)cc2oc1=O)C(=O)[O-]. The second-order valence-corrected chi connectivity index (χ2v) is 6.43. The fraction of sp³-hybridized carbons (Fsp3) is 0.389. The van der Waals surface area contributed by atoms with Crippen molar-refractivity contribution in [1.29, 1.82) is 0 Å². The van der Waals surface area contributed by atoms with Gasteiger partial charge in [-0.15, -0.1) is 0 Å². The Labute approximate surface area is 154 Å². The number of hydrogen-bond acceptors (Lipinski definition) is 6. The van der Waals surface area contributed by atoms with E-state index in [4.69, 9.17) is 16.0 Å². The Morgan fingerprint density at radius 3 is 2.69 bits per heavy atom. The number of hydrogen-bond donors (Lipinski definition) is 2. The van der Waals surface area contributed by atoms with Gasteiger partial charge in [-0.25, -0.2) is 4.79 Å². The number of fused-ring (bicyclic) bond motifs is 1. The molecule has 8 heteroatoms. The zero-order valence-corrected chi connectivity index (χ0v) is 15.2. The summed E-state index contributed by atoms with van der Waals surface area (Å²) in [5, 5.41) is 23.7. The van der Waals surface area contributed by atoms with Crippen LogP contribution >= 0.6 is 11.6 Å². The van der Waals surface area contributed by atoms with Gasteiger partial charge in [-0.1, -0.05) is 24.9 Å². The van der Waals surface area contributed by atoms with E-state index in [2.05, 4.69) is 5.32 Å². The molecule has 7 nitrogen and oxygen atoms in total. The number of carboxylic acid groups (broad SMARTS) is 1. The zero-order chi connectivity index (χ0) is 19.4. The van der Waals surface area contributed by atoms with Crippen LogP contribution in [0.3, 0.4) is 0 Å². The van der Waals surface area contributed by atoms with E-state index in [1.807, 2.05) is 0 Å². The maximum Gasteiger partial charge on any atom is 0.339 e. The van der Waals surface area contributed by atoms with Gasteiger partial charge in [0.2, 0.25) is 5.91 Å². The highest BCUT2D eigenvalue weighted by molar-refractivity contribution is 6.32. The first-order chi connectivity index (χ1) is 12.2. The predicted molar refractivity (Wildman–Crippen MR) is 94.1 cm³/mol. The maximum absolute atomic E-state index is 12.2. The molecule has 26 heavy (non-hydrogen) atoms. The molecule has 0 spiro atoms. The van der Waals surface area contributed by atoms with E-state index >= 15 is 0 Å². The van der Waals surface area contributed by atoms with Crippen LogP contribution in [0.5, 0.6) is 5.75 Å². The Balaban J connectivity index is 2.20. The first kappa shape index (κ1) is 19.8. The van der Waals surface area contributed by atoms with Crippen molar-refractivity contribution in [2.45, 2.75) is 45.6 Å². The largest absolute Gasteiger partial charge is 0.548 e. The quantitative estimate of drug-likeness (QED) is 0.701. The molecule has 1 amide bonds. The first-order valence-corrected chi connectivity index (χ1v) is 8.57. The van der Waals surface area contributed by atoms with Crippen LogP contribution in [0, 0.1) is 6.92 Å². The number of halogens is 1. The van der Waals surface area contributed by atoms with Gasteiger partial charge in [-0.3, -0.25) is 4.79 Å². The topological polar surface area (TPSA) is 120 Å². The van der Waals surface area contributed by atoms with Crippen LogP contribution < -0.4 is 16.0 Å². The van der Waals surface area contributed by atoms with Crippen molar-refractivity contribution < 1.29 is 24.2 Å². The summed E-state index contributed by atoms with van der Waals surface area (Å²) < 4.78 is 5.19. The molecule has 0 saturated carbocycles. The second kappa shape index (κ2) is 8.23. The van der Waals surface area contributed by atoms with Crippen LogP contribution in [0.25, 0.3) is 11.0 Å². The summed E-state index contributed by atoms with van der Waals surface area (Å²) >= 11 is 5.90. The number of phenolic OH excluding ortho intramolecular Hbond substituents is 1. The maximum atomic E-state index is 12.2. The van der Waals surface area contributed by atoms with Crippen molar-refractivity contribution >= 4 is 34.4 Å². The van der Waals surface area contributed by atoms with Crippen molar-refractivity contribution in [3.8, 4) is 5.75 Å². The molecular formula is C18H19ClNO6-. The Morgan fingerprint density at radius 2 is 2.08 bits per heavy atom. The van der Waals surface area contributed by atoms with E-state index in [1.165, 1.54) is 12.1 Å². The summed E-state index contributed by atoms with van der Waals surface area (Å²) in [4.78, 5) is 35.2. The molecular weight excluding hydrogens is 362 g/mol. The lowest BCUT2D eigenvalue weighted by Crippen LogP contribution is -2.47. The number of carbonyl (C=O) groups is 2. The number of phenols is 1. The third-order valence-electron chi connectivity index (χ3n) is 4.15. The summed E-state index contributed by atoms with van der Waals surface area (Å²) in [5.74, 6) is -2.02. The lowest BCUT2D eigenvalue weighted by atomic mass is 10.0. The first-order valence-electron chi connectivity index (χ1n) is 8.19.